The lowest BCUT2D eigenvalue weighted by atomic mass is 10.2. The topological polar surface area (TPSA) is 26.9 Å². The van der Waals surface area contributed by atoms with Crippen molar-refractivity contribution in [1.29, 1.82) is 0 Å². The van der Waals surface area contributed by atoms with Crippen LogP contribution in [0.1, 0.15) is 6.92 Å². The van der Waals surface area contributed by atoms with Gasteiger partial charge in [0.15, 0.2) is 0 Å². The van der Waals surface area contributed by atoms with E-state index in [1.54, 1.807) is 22.4 Å². The van der Waals surface area contributed by atoms with E-state index in [1.807, 2.05) is 6.20 Å². The summed E-state index contributed by atoms with van der Waals surface area (Å²) in [7, 11) is 1.76. The van der Waals surface area contributed by atoms with E-state index < -0.39 is 0 Å². The highest BCUT2D eigenvalue weighted by Gasteiger charge is 2.04. The third kappa shape index (κ3) is 2.00. The molecule has 0 amide bonds. The van der Waals surface area contributed by atoms with Crippen molar-refractivity contribution in [1.82, 2.24) is 9.13 Å². The van der Waals surface area contributed by atoms with Crippen molar-refractivity contribution in [3.63, 3.8) is 0 Å². The highest BCUT2D eigenvalue weighted by atomic mass is 79.9. The predicted molar refractivity (Wildman–Crippen MR) is 52.6 cm³/mol. The molecule has 0 aromatic carbocycles. The van der Waals surface area contributed by atoms with Gasteiger partial charge in [-0.3, -0.25) is 4.57 Å². The maximum atomic E-state index is 11.3. The number of aromatic nitrogens is 2. The Morgan fingerprint density at radius 1 is 1.58 bits per heavy atom. The van der Waals surface area contributed by atoms with Gasteiger partial charge in [0.25, 0.3) is 0 Å². The molecular formula is C8H13BrN2O. The van der Waals surface area contributed by atoms with Gasteiger partial charge in [-0.25, -0.2) is 4.79 Å². The number of imidazole rings is 1. The highest BCUT2D eigenvalue weighted by Crippen LogP contribution is 2.01. The fourth-order valence-corrected chi connectivity index (χ4v) is 1.24. The van der Waals surface area contributed by atoms with Gasteiger partial charge >= 0.3 is 5.69 Å². The van der Waals surface area contributed by atoms with E-state index in [9.17, 15) is 4.79 Å². The fourth-order valence-electron chi connectivity index (χ4n) is 1.03. The number of aryl methyl sites for hydroxylation is 1. The Kier molecular flexibility index (Phi) is 3.14. The zero-order valence-electron chi connectivity index (χ0n) is 7.33. The van der Waals surface area contributed by atoms with Crippen LogP contribution in [-0.2, 0) is 13.6 Å². The van der Waals surface area contributed by atoms with Crippen molar-refractivity contribution >= 4 is 15.9 Å². The quantitative estimate of drug-likeness (QED) is 0.721. The Morgan fingerprint density at radius 3 is 2.67 bits per heavy atom. The van der Waals surface area contributed by atoms with Crippen LogP contribution in [0.5, 0.6) is 0 Å². The molecule has 0 fully saturated rings. The van der Waals surface area contributed by atoms with Crippen molar-refractivity contribution in [2.45, 2.75) is 13.5 Å². The first-order chi connectivity index (χ1) is 5.65. The summed E-state index contributed by atoms with van der Waals surface area (Å²) in [4.78, 5) is 11.3. The van der Waals surface area contributed by atoms with Crippen LogP contribution in [0, 0.1) is 5.92 Å². The molecule has 0 aliphatic rings. The highest BCUT2D eigenvalue weighted by molar-refractivity contribution is 9.09. The number of hydrogen-bond acceptors (Lipinski definition) is 1. The van der Waals surface area contributed by atoms with Crippen LogP contribution in [0.25, 0.3) is 0 Å². The van der Waals surface area contributed by atoms with Crippen molar-refractivity contribution in [2.24, 2.45) is 13.0 Å². The smallest absolute Gasteiger partial charge is 0.302 e. The van der Waals surface area contributed by atoms with Crippen LogP contribution < -0.4 is 5.69 Å². The monoisotopic (exact) mass is 232 g/mol. The maximum Gasteiger partial charge on any atom is 0.327 e. The minimum absolute atomic E-state index is 0.0581. The second-order valence-electron chi connectivity index (χ2n) is 3.10. The van der Waals surface area contributed by atoms with Gasteiger partial charge in [-0.2, -0.15) is 0 Å². The second kappa shape index (κ2) is 3.94. The summed E-state index contributed by atoms with van der Waals surface area (Å²) in [5, 5.41) is 0.925. The second-order valence-corrected chi connectivity index (χ2v) is 3.75. The van der Waals surface area contributed by atoms with Crippen molar-refractivity contribution < 1.29 is 0 Å². The van der Waals surface area contributed by atoms with E-state index in [0.717, 1.165) is 11.9 Å². The van der Waals surface area contributed by atoms with Gasteiger partial charge < -0.3 is 4.57 Å². The molecule has 0 radical (unpaired) electrons. The average molecular weight is 233 g/mol. The van der Waals surface area contributed by atoms with Gasteiger partial charge in [-0.15, -0.1) is 0 Å². The van der Waals surface area contributed by atoms with E-state index in [1.165, 1.54) is 0 Å². The van der Waals surface area contributed by atoms with E-state index in [4.69, 9.17) is 0 Å². The van der Waals surface area contributed by atoms with Crippen LogP contribution in [-0.4, -0.2) is 14.5 Å². The first-order valence-corrected chi connectivity index (χ1v) is 5.05. The van der Waals surface area contributed by atoms with Crippen LogP contribution >= 0.6 is 15.9 Å². The van der Waals surface area contributed by atoms with Gasteiger partial charge in [-0.05, 0) is 5.92 Å². The lowest BCUT2D eigenvalue weighted by Crippen LogP contribution is -2.24. The standard InChI is InChI=1S/C8H13BrN2O/c1-7(5-9)6-11-4-3-10(2)8(11)12/h3-4,7H,5-6H2,1-2H3. The van der Waals surface area contributed by atoms with Crippen molar-refractivity contribution in [3.05, 3.63) is 22.9 Å². The molecule has 68 valence electrons. The predicted octanol–water partition coefficient (Wildman–Crippen LogP) is 1.22. The molecule has 4 heteroatoms. The van der Waals surface area contributed by atoms with E-state index in [2.05, 4.69) is 22.9 Å². The normalized spacial score (nSPS) is 13.2. The zero-order chi connectivity index (χ0) is 9.14. The molecule has 0 spiro atoms. The molecule has 1 heterocycles. The Balaban J connectivity index is 2.76. The molecule has 0 N–H and O–H groups in total. The fraction of sp³-hybridized carbons (Fsp3) is 0.625. The third-order valence-corrected chi connectivity index (χ3v) is 2.89. The summed E-state index contributed by atoms with van der Waals surface area (Å²) in [6.07, 6.45) is 3.60. The summed E-state index contributed by atoms with van der Waals surface area (Å²) in [5.41, 5.74) is 0.0581. The SMILES string of the molecule is CC(CBr)Cn1ccn(C)c1=O. The lowest BCUT2D eigenvalue weighted by Gasteiger charge is -2.06. The number of hydrogen-bond donors (Lipinski definition) is 0. The number of rotatable bonds is 3. The molecule has 1 aromatic rings. The number of alkyl halides is 1. The number of halogens is 1. The Hall–Kier alpha value is -0.510. The minimum Gasteiger partial charge on any atom is -0.302 e. The molecule has 12 heavy (non-hydrogen) atoms. The van der Waals surface area contributed by atoms with E-state index >= 15 is 0 Å². The van der Waals surface area contributed by atoms with E-state index in [0.29, 0.717) is 5.92 Å². The number of nitrogens with zero attached hydrogens (tertiary/aromatic N) is 2. The van der Waals surface area contributed by atoms with Gasteiger partial charge in [0.1, 0.15) is 0 Å². The molecule has 1 rings (SSSR count). The molecule has 3 nitrogen and oxygen atoms in total. The zero-order valence-corrected chi connectivity index (χ0v) is 8.91. The minimum atomic E-state index is 0.0581. The van der Waals surface area contributed by atoms with Crippen LogP contribution in [0.3, 0.4) is 0 Å². The molecule has 0 saturated heterocycles. The Morgan fingerprint density at radius 2 is 2.25 bits per heavy atom. The van der Waals surface area contributed by atoms with Crippen molar-refractivity contribution in [2.75, 3.05) is 5.33 Å². The van der Waals surface area contributed by atoms with Crippen LogP contribution in [0.2, 0.25) is 0 Å². The largest absolute Gasteiger partial charge is 0.327 e. The molecule has 1 atom stereocenters. The third-order valence-electron chi connectivity index (χ3n) is 1.79. The molecule has 0 saturated carbocycles. The molecule has 0 aliphatic heterocycles. The molecular weight excluding hydrogens is 220 g/mol. The van der Waals surface area contributed by atoms with Gasteiger partial charge in [0.05, 0.1) is 0 Å². The molecule has 0 aliphatic carbocycles. The average Bonchev–Trinajstić information content (AvgIpc) is 2.36. The van der Waals surface area contributed by atoms with Gasteiger partial charge in [0.2, 0.25) is 0 Å². The Bertz CT molecular complexity index is 302. The van der Waals surface area contributed by atoms with Gasteiger partial charge in [-0.1, -0.05) is 22.9 Å². The summed E-state index contributed by atoms with van der Waals surface area (Å²) in [5.74, 6) is 0.491. The molecule has 0 bridgehead atoms. The lowest BCUT2D eigenvalue weighted by molar-refractivity contribution is 0.515. The Labute approximate surface area is 80.1 Å². The molecule has 1 aromatic heterocycles. The summed E-state index contributed by atoms with van der Waals surface area (Å²) in [6.45, 7) is 2.89. The van der Waals surface area contributed by atoms with E-state index in [-0.39, 0.29) is 5.69 Å². The summed E-state index contributed by atoms with van der Waals surface area (Å²) < 4.78 is 3.31. The first kappa shape index (κ1) is 9.58. The summed E-state index contributed by atoms with van der Waals surface area (Å²) in [6, 6.07) is 0. The van der Waals surface area contributed by atoms with Crippen LogP contribution in [0.4, 0.5) is 0 Å². The van der Waals surface area contributed by atoms with Crippen LogP contribution in [0.15, 0.2) is 17.2 Å². The first-order valence-electron chi connectivity index (χ1n) is 3.93. The maximum absolute atomic E-state index is 11.3. The molecule has 1 unspecified atom stereocenters. The summed E-state index contributed by atoms with van der Waals surface area (Å²) >= 11 is 3.38. The van der Waals surface area contributed by atoms with Gasteiger partial charge in [0, 0.05) is 31.3 Å². The van der Waals surface area contributed by atoms with Crippen molar-refractivity contribution in [3.8, 4) is 0 Å².